The van der Waals surface area contributed by atoms with Gasteiger partial charge in [-0.15, -0.1) is 11.3 Å². The minimum absolute atomic E-state index is 0.415. The summed E-state index contributed by atoms with van der Waals surface area (Å²) in [5.74, 6) is 1.10. The molecule has 0 aliphatic rings. The van der Waals surface area contributed by atoms with Crippen LogP contribution in [0.2, 0.25) is 0 Å². The van der Waals surface area contributed by atoms with Gasteiger partial charge in [0.2, 0.25) is 0 Å². The van der Waals surface area contributed by atoms with Gasteiger partial charge in [0.1, 0.15) is 17.4 Å². The van der Waals surface area contributed by atoms with Crippen LogP contribution in [-0.4, -0.2) is 30.5 Å². The van der Waals surface area contributed by atoms with Crippen molar-refractivity contribution >= 4 is 17.3 Å². The zero-order chi connectivity index (χ0) is 18.1. The first-order chi connectivity index (χ1) is 12.1. The molecule has 2 rings (SSSR count). The normalized spacial score (nSPS) is 11.6. The Kier molecular flexibility index (Phi) is 7.59. The number of alkyl halides is 2. The Labute approximate surface area is 150 Å². The number of halogens is 2. The Hall–Kier alpha value is -2.22. The van der Waals surface area contributed by atoms with E-state index in [1.807, 2.05) is 26.1 Å². The second-order valence-electron chi connectivity index (χ2n) is 5.26. The Bertz CT molecular complexity index is 691. The van der Waals surface area contributed by atoms with Crippen molar-refractivity contribution in [3.63, 3.8) is 0 Å². The monoisotopic (exact) mass is 368 g/mol. The minimum atomic E-state index is -2.49. The number of hydrogen-bond donors (Lipinski definition) is 2. The van der Waals surface area contributed by atoms with Gasteiger partial charge in [-0.2, -0.15) is 0 Å². The van der Waals surface area contributed by atoms with Crippen molar-refractivity contribution in [2.45, 2.75) is 33.4 Å². The van der Waals surface area contributed by atoms with Crippen LogP contribution in [0.1, 0.15) is 22.4 Å². The van der Waals surface area contributed by atoms with Crippen molar-refractivity contribution in [3.05, 3.63) is 45.9 Å². The second-order valence-corrected chi connectivity index (χ2v) is 6.58. The van der Waals surface area contributed by atoms with Crippen LogP contribution < -0.4 is 15.4 Å². The summed E-state index contributed by atoms with van der Waals surface area (Å²) in [6.45, 7) is 5.15. The summed E-state index contributed by atoms with van der Waals surface area (Å²) in [6, 6.07) is 7.03. The van der Waals surface area contributed by atoms with E-state index in [-0.39, 0.29) is 0 Å². The number of aliphatic imine (C=N–C) groups is 1. The maximum atomic E-state index is 12.2. The third-order valence-corrected chi connectivity index (χ3v) is 4.03. The molecule has 0 radical (unpaired) electrons. The van der Waals surface area contributed by atoms with Gasteiger partial charge >= 0.3 is 0 Å². The number of guanidine groups is 1. The van der Waals surface area contributed by atoms with Gasteiger partial charge < -0.3 is 15.4 Å². The van der Waals surface area contributed by atoms with E-state index in [1.165, 1.54) is 4.88 Å². The summed E-state index contributed by atoms with van der Waals surface area (Å²) in [5, 5.41) is 7.39. The number of hydrogen-bond acceptors (Lipinski definition) is 4. The van der Waals surface area contributed by atoms with Crippen LogP contribution in [0, 0.1) is 6.92 Å². The van der Waals surface area contributed by atoms with Gasteiger partial charge in [0, 0.05) is 17.6 Å². The molecule has 0 amide bonds. The van der Waals surface area contributed by atoms with Gasteiger partial charge in [0.15, 0.2) is 5.96 Å². The summed E-state index contributed by atoms with van der Waals surface area (Å²) in [4.78, 5) is 9.98. The van der Waals surface area contributed by atoms with Crippen LogP contribution in [0.25, 0.3) is 0 Å². The molecule has 0 atom stereocenters. The van der Waals surface area contributed by atoms with E-state index in [0.717, 1.165) is 17.1 Å². The zero-order valence-electron chi connectivity index (χ0n) is 14.3. The first kappa shape index (κ1) is 19.1. The quantitative estimate of drug-likeness (QED) is 0.554. The predicted molar refractivity (Wildman–Crippen MR) is 96.4 cm³/mol. The highest BCUT2D eigenvalue weighted by atomic mass is 32.1. The van der Waals surface area contributed by atoms with Gasteiger partial charge in [-0.25, -0.2) is 18.8 Å². The number of nitrogens with zero attached hydrogens (tertiary/aromatic N) is 2. The topological polar surface area (TPSA) is 58.5 Å². The number of nitrogens with one attached hydrogen (secondary N) is 2. The molecule has 8 heteroatoms. The van der Waals surface area contributed by atoms with E-state index in [0.29, 0.717) is 24.8 Å². The van der Waals surface area contributed by atoms with Crippen LogP contribution in [0.5, 0.6) is 5.75 Å². The minimum Gasteiger partial charge on any atom is -0.488 e. The molecule has 0 saturated heterocycles. The molecule has 0 spiro atoms. The van der Waals surface area contributed by atoms with E-state index in [1.54, 1.807) is 29.5 Å². The van der Waals surface area contributed by atoms with Crippen molar-refractivity contribution in [2.24, 2.45) is 4.99 Å². The maximum Gasteiger partial charge on any atom is 0.272 e. The molecule has 0 unspecified atom stereocenters. The molecular formula is C17H22F2N4OS. The fourth-order valence-corrected chi connectivity index (χ4v) is 2.77. The summed E-state index contributed by atoms with van der Waals surface area (Å²) >= 11 is 1.64. The molecule has 2 N–H and O–H groups in total. The van der Waals surface area contributed by atoms with E-state index < -0.39 is 13.0 Å². The number of aryl methyl sites for hydroxylation is 1. The van der Waals surface area contributed by atoms with Crippen LogP contribution >= 0.6 is 11.3 Å². The number of thiazole rings is 1. The second kappa shape index (κ2) is 9.93. The number of aromatic nitrogens is 1. The van der Waals surface area contributed by atoms with E-state index in [9.17, 15) is 8.78 Å². The first-order valence-electron chi connectivity index (χ1n) is 8.00. The third kappa shape index (κ3) is 7.04. The average molecular weight is 368 g/mol. The SMILES string of the molecule is CCNC(=NCc1cccc(OCC(F)F)c1)NCc1ncc(C)s1. The summed E-state index contributed by atoms with van der Waals surface area (Å²) in [5.41, 5.74) is 0.883. The zero-order valence-corrected chi connectivity index (χ0v) is 15.1. The van der Waals surface area contributed by atoms with Gasteiger partial charge in [0.05, 0.1) is 13.1 Å². The van der Waals surface area contributed by atoms with E-state index in [4.69, 9.17) is 4.74 Å². The molecule has 1 heterocycles. The highest BCUT2D eigenvalue weighted by Gasteiger charge is 2.05. The molecule has 136 valence electrons. The third-order valence-electron chi connectivity index (χ3n) is 3.11. The molecule has 1 aromatic carbocycles. The van der Waals surface area contributed by atoms with Gasteiger partial charge in [-0.1, -0.05) is 12.1 Å². The Balaban J connectivity index is 1.94. The molecule has 0 bridgehead atoms. The number of benzene rings is 1. The van der Waals surface area contributed by atoms with Crippen LogP contribution in [0.15, 0.2) is 35.5 Å². The van der Waals surface area contributed by atoms with E-state index >= 15 is 0 Å². The number of rotatable bonds is 8. The maximum absolute atomic E-state index is 12.2. The molecular weight excluding hydrogens is 346 g/mol. The largest absolute Gasteiger partial charge is 0.488 e. The molecule has 0 aliphatic heterocycles. The standard InChI is InChI=1S/C17H22F2N4OS/c1-3-20-17(23-10-16-21-8-12(2)25-16)22-9-13-5-4-6-14(7-13)24-11-15(18)19/h4-8,15H,3,9-11H2,1-2H3,(H2,20,22,23). The smallest absolute Gasteiger partial charge is 0.272 e. The highest BCUT2D eigenvalue weighted by molar-refractivity contribution is 7.11. The fourth-order valence-electron chi connectivity index (χ4n) is 2.05. The van der Waals surface area contributed by atoms with E-state index in [2.05, 4.69) is 20.6 Å². The first-order valence-corrected chi connectivity index (χ1v) is 8.82. The number of ether oxygens (including phenoxy) is 1. The summed E-state index contributed by atoms with van der Waals surface area (Å²) < 4.78 is 29.5. The van der Waals surface area contributed by atoms with Crippen molar-refractivity contribution in [1.82, 2.24) is 15.6 Å². The molecule has 5 nitrogen and oxygen atoms in total. The van der Waals surface area contributed by atoms with Gasteiger partial charge in [-0.05, 0) is 31.5 Å². The molecule has 0 fully saturated rings. The lowest BCUT2D eigenvalue weighted by atomic mass is 10.2. The summed E-state index contributed by atoms with van der Waals surface area (Å²) in [7, 11) is 0. The molecule has 25 heavy (non-hydrogen) atoms. The molecule has 0 aliphatic carbocycles. The van der Waals surface area contributed by atoms with Crippen LogP contribution in [0.3, 0.4) is 0 Å². The highest BCUT2D eigenvalue weighted by Crippen LogP contribution is 2.15. The van der Waals surface area contributed by atoms with Gasteiger partial charge in [0.25, 0.3) is 6.43 Å². The molecule has 1 aromatic heterocycles. The lowest BCUT2D eigenvalue weighted by Crippen LogP contribution is -2.36. The molecule has 2 aromatic rings. The fraction of sp³-hybridized carbons (Fsp3) is 0.412. The van der Waals surface area contributed by atoms with Crippen molar-refractivity contribution in [1.29, 1.82) is 0 Å². The van der Waals surface area contributed by atoms with Crippen molar-refractivity contribution < 1.29 is 13.5 Å². The Morgan fingerprint density at radius 3 is 2.88 bits per heavy atom. The predicted octanol–water partition coefficient (Wildman–Crippen LogP) is 3.35. The Morgan fingerprint density at radius 2 is 2.20 bits per heavy atom. The van der Waals surface area contributed by atoms with Crippen molar-refractivity contribution in [3.8, 4) is 5.75 Å². The van der Waals surface area contributed by atoms with Crippen LogP contribution in [-0.2, 0) is 13.1 Å². The Morgan fingerprint density at radius 1 is 1.36 bits per heavy atom. The van der Waals surface area contributed by atoms with Crippen LogP contribution in [0.4, 0.5) is 8.78 Å². The lowest BCUT2D eigenvalue weighted by molar-refractivity contribution is 0.0818. The molecule has 0 saturated carbocycles. The average Bonchev–Trinajstić information content (AvgIpc) is 3.01. The van der Waals surface area contributed by atoms with Crippen molar-refractivity contribution in [2.75, 3.05) is 13.2 Å². The van der Waals surface area contributed by atoms with Gasteiger partial charge in [-0.3, -0.25) is 0 Å². The summed E-state index contributed by atoms with van der Waals surface area (Å²) in [6.07, 6.45) is -0.642. The lowest BCUT2D eigenvalue weighted by Gasteiger charge is -2.10.